The molecular formula is C22H28FN5O5S. The monoisotopic (exact) mass is 493 g/mol. The number of aliphatic carboxylic acids is 1. The molecule has 1 amide bonds. The minimum Gasteiger partial charge on any atom is -0.480 e. The molecule has 0 fully saturated rings. The van der Waals surface area contributed by atoms with Gasteiger partial charge in [0.05, 0.1) is 4.90 Å². The van der Waals surface area contributed by atoms with Crippen molar-refractivity contribution < 1.29 is 27.5 Å². The number of hydrogen-bond donors (Lipinski definition) is 5. The third-order valence-electron chi connectivity index (χ3n) is 4.86. The number of rotatable bonds is 12. The minimum atomic E-state index is -4.11. The summed E-state index contributed by atoms with van der Waals surface area (Å²) >= 11 is 0. The molecule has 0 aliphatic carbocycles. The van der Waals surface area contributed by atoms with Crippen molar-refractivity contribution in [2.45, 2.75) is 43.2 Å². The van der Waals surface area contributed by atoms with Crippen LogP contribution in [0.25, 0.3) is 0 Å². The second-order valence-corrected chi connectivity index (χ2v) is 9.38. The van der Waals surface area contributed by atoms with Gasteiger partial charge in [-0.05, 0) is 56.0 Å². The van der Waals surface area contributed by atoms with Crippen LogP contribution < -0.4 is 21.5 Å². The number of sulfonamides is 1. The molecule has 0 saturated heterocycles. The minimum absolute atomic E-state index is 0.0197. The zero-order valence-electron chi connectivity index (χ0n) is 18.6. The lowest BCUT2D eigenvalue weighted by Gasteiger charge is -2.21. The molecule has 0 heterocycles. The van der Waals surface area contributed by atoms with Crippen molar-refractivity contribution in [2.24, 2.45) is 16.5 Å². The number of carboxylic acids is 1. The Morgan fingerprint density at radius 3 is 2.24 bits per heavy atom. The molecular weight excluding hydrogens is 465 g/mol. The number of aryl methyl sites for hydroxylation is 1. The molecule has 0 saturated carbocycles. The maximum absolute atomic E-state index is 13.3. The Bertz CT molecular complexity index is 1120. The molecule has 2 rings (SSSR count). The van der Waals surface area contributed by atoms with Gasteiger partial charge < -0.3 is 21.9 Å². The average molecular weight is 494 g/mol. The number of carbonyl (C=O) groups excluding carboxylic acids is 1. The molecule has 10 nitrogen and oxygen atoms in total. The number of benzene rings is 2. The smallest absolute Gasteiger partial charge is 0.326 e. The Morgan fingerprint density at radius 1 is 1.06 bits per heavy atom. The molecule has 0 aliphatic rings. The van der Waals surface area contributed by atoms with Crippen LogP contribution in [0.5, 0.6) is 0 Å². The van der Waals surface area contributed by atoms with E-state index in [1.165, 1.54) is 36.4 Å². The van der Waals surface area contributed by atoms with Crippen molar-refractivity contribution in [2.75, 3.05) is 6.54 Å². The van der Waals surface area contributed by atoms with Crippen molar-refractivity contribution in [1.29, 1.82) is 0 Å². The van der Waals surface area contributed by atoms with Crippen molar-refractivity contribution in [1.82, 2.24) is 10.0 Å². The number of nitrogens with zero attached hydrogens (tertiary/aromatic N) is 1. The number of aliphatic imine (C=N–C) groups is 1. The molecule has 0 aliphatic heterocycles. The van der Waals surface area contributed by atoms with Gasteiger partial charge in [0.15, 0.2) is 5.96 Å². The van der Waals surface area contributed by atoms with Crippen LogP contribution in [0.4, 0.5) is 4.39 Å². The first-order valence-electron chi connectivity index (χ1n) is 10.4. The number of nitrogens with two attached hydrogens (primary N) is 2. The maximum Gasteiger partial charge on any atom is 0.326 e. The van der Waals surface area contributed by atoms with E-state index in [1.807, 2.05) is 0 Å². The first-order chi connectivity index (χ1) is 16.0. The van der Waals surface area contributed by atoms with Crippen LogP contribution in [0, 0.1) is 12.7 Å². The fourth-order valence-corrected chi connectivity index (χ4v) is 4.25. The van der Waals surface area contributed by atoms with Crippen molar-refractivity contribution >= 4 is 27.9 Å². The first kappa shape index (κ1) is 26.7. The highest BCUT2D eigenvalue weighted by Crippen LogP contribution is 2.13. The van der Waals surface area contributed by atoms with Gasteiger partial charge in [-0.15, -0.1) is 0 Å². The average Bonchev–Trinajstić information content (AvgIpc) is 2.76. The predicted octanol–water partition coefficient (Wildman–Crippen LogP) is 0.647. The van der Waals surface area contributed by atoms with E-state index in [1.54, 1.807) is 19.1 Å². The van der Waals surface area contributed by atoms with Gasteiger partial charge in [0.2, 0.25) is 15.9 Å². The molecule has 0 aromatic heterocycles. The molecule has 34 heavy (non-hydrogen) atoms. The quantitative estimate of drug-likeness (QED) is 0.164. The summed E-state index contributed by atoms with van der Waals surface area (Å²) in [6.45, 7) is 1.97. The van der Waals surface area contributed by atoms with Gasteiger partial charge in [0, 0.05) is 6.54 Å². The Kier molecular flexibility index (Phi) is 9.51. The number of guanidine groups is 1. The molecule has 0 radical (unpaired) electrons. The van der Waals surface area contributed by atoms with Gasteiger partial charge in [-0.2, -0.15) is 4.72 Å². The predicted molar refractivity (Wildman–Crippen MR) is 125 cm³/mol. The third kappa shape index (κ3) is 8.45. The first-order valence-corrected chi connectivity index (χ1v) is 11.9. The number of carboxylic acid groups (broad SMARTS) is 1. The van der Waals surface area contributed by atoms with Gasteiger partial charge in [-0.1, -0.05) is 29.8 Å². The van der Waals surface area contributed by atoms with Crippen molar-refractivity contribution in [3.63, 3.8) is 0 Å². The SMILES string of the molecule is Cc1ccc(S(=O)(=O)N[C@@H](Cc2ccc(F)cc2)C(=O)N[C@@H](CCCN=C(N)N)C(=O)O)cc1. The van der Waals surface area contributed by atoms with Crippen LogP contribution in [0.3, 0.4) is 0 Å². The highest BCUT2D eigenvalue weighted by Gasteiger charge is 2.29. The van der Waals surface area contributed by atoms with E-state index in [9.17, 15) is 27.5 Å². The lowest BCUT2D eigenvalue weighted by atomic mass is 10.0. The number of hydrogen-bond acceptors (Lipinski definition) is 5. The van der Waals surface area contributed by atoms with E-state index in [0.717, 1.165) is 5.56 Å². The zero-order chi connectivity index (χ0) is 25.3. The highest BCUT2D eigenvalue weighted by molar-refractivity contribution is 7.89. The van der Waals surface area contributed by atoms with Gasteiger partial charge in [0.1, 0.15) is 17.9 Å². The Hall–Kier alpha value is -3.51. The molecule has 12 heteroatoms. The summed E-state index contributed by atoms with van der Waals surface area (Å²) in [5.74, 6) is -2.76. The number of carbonyl (C=O) groups is 2. The van der Waals surface area contributed by atoms with E-state index < -0.39 is 39.8 Å². The molecule has 0 unspecified atom stereocenters. The Balaban J connectivity index is 2.23. The van der Waals surface area contributed by atoms with Gasteiger partial charge in [-0.3, -0.25) is 9.79 Å². The Labute approximate surface area is 197 Å². The topological polar surface area (TPSA) is 177 Å². The lowest BCUT2D eigenvalue weighted by Crippen LogP contribution is -2.52. The van der Waals surface area contributed by atoms with Crippen molar-refractivity contribution in [3.8, 4) is 0 Å². The summed E-state index contributed by atoms with van der Waals surface area (Å²) in [5, 5.41) is 11.9. The van der Waals surface area contributed by atoms with Crippen LogP contribution in [-0.2, 0) is 26.0 Å². The summed E-state index contributed by atoms with van der Waals surface area (Å²) in [5.41, 5.74) is 11.8. The fourth-order valence-electron chi connectivity index (χ4n) is 3.05. The zero-order valence-corrected chi connectivity index (χ0v) is 19.4. The van der Waals surface area contributed by atoms with E-state index in [-0.39, 0.29) is 36.7 Å². The summed E-state index contributed by atoms with van der Waals surface area (Å²) in [7, 11) is -4.11. The van der Waals surface area contributed by atoms with Crippen LogP contribution in [0.1, 0.15) is 24.0 Å². The summed E-state index contributed by atoms with van der Waals surface area (Å²) in [4.78, 5) is 28.3. The van der Waals surface area contributed by atoms with Gasteiger partial charge in [0.25, 0.3) is 0 Å². The largest absolute Gasteiger partial charge is 0.480 e. The van der Waals surface area contributed by atoms with Crippen molar-refractivity contribution in [3.05, 3.63) is 65.5 Å². The lowest BCUT2D eigenvalue weighted by molar-refractivity contribution is -0.142. The molecule has 7 N–H and O–H groups in total. The summed E-state index contributed by atoms with van der Waals surface area (Å²) in [6, 6.07) is 8.58. The van der Waals surface area contributed by atoms with E-state index >= 15 is 0 Å². The van der Waals surface area contributed by atoms with Crippen LogP contribution in [-0.4, -0.2) is 50.0 Å². The number of nitrogens with one attached hydrogen (secondary N) is 2. The molecule has 0 spiro atoms. The number of amides is 1. The fraction of sp³-hybridized carbons (Fsp3) is 0.318. The molecule has 0 bridgehead atoms. The molecule has 2 aromatic carbocycles. The van der Waals surface area contributed by atoms with Crippen LogP contribution in [0.15, 0.2) is 58.4 Å². The molecule has 184 valence electrons. The standard InChI is InChI=1S/C22H28FN5O5S/c1-14-4-10-17(11-5-14)34(32,33)28-19(13-15-6-8-16(23)9-7-15)20(29)27-18(21(30)31)3-2-12-26-22(24)25/h4-11,18-19,28H,2-3,12-13H2,1H3,(H,27,29)(H,30,31)(H4,24,25,26)/t18-,19-/m0/s1. The van der Waals surface area contributed by atoms with E-state index in [4.69, 9.17) is 11.5 Å². The number of halogens is 1. The van der Waals surface area contributed by atoms with Crippen LogP contribution >= 0.6 is 0 Å². The van der Waals surface area contributed by atoms with E-state index in [2.05, 4.69) is 15.0 Å². The van der Waals surface area contributed by atoms with Crippen LogP contribution in [0.2, 0.25) is 0 Å². The maximum atomic E-state index is 13.3. The van der Waals surface area contributed by atoms with Gasteiger partial charge >= 0.3 is 5.97 Å². The third-order valence-corrected chi connectivity index (χ3v) is 6.35. The second-order valence-electron chi connectivity index (χ2n) is 7.67. The molecule has 2 atom stereocenters. The highest BCUT2D eigenvalue weighted by atomic mass is 32.2. The summed E-state index contributed by atoms with van der Waals surface area (Å²) < 4.78 is 41.4. The summed E-state index contributed by atoms with van der Waals surface area (Å²) in [6.07, 6.45) is 0.163. The van der Waals surface area contributed by atoms with Gasteiger partial charge in [-0.25, -0.2) is 17.6 Å². The normalized spacial score (nSPS) is 13.0. The second kappa shape index (κ2) is 12.1. The Morgan fingerprint density at radius 2 is 1.68 bits per heavy atom. The molecule has 2 aromatic rings. The van der Waals surface area contributed by atoms with E-state index in [0.29, 0.717) is 5.56 Å².